The average molecular weight is 345 g/mol. The first-order valence-electron chi connectivity index (χ1n) is 6.19. The van der Waals surface area contributed by atoms with Gasteiger partial charge in [0.2, 0.25) is 0 Å². The molecule has 2 N–H and O–H groups in total. The molecule has 0 aromatic heterocycles. The lowest BCUT2D eigenvalue weighted by atomic mass is 9.76. The molecule has 1 aromatic carbocycles. The number of benzene rings is 1. The Hall–Kier alpha value is -1.40. The fourth-order valence-corrected chi connectivity index (χ4v) is 2.47. The molecule has 0 fully saturated rings. The quantitative estimate of drug-likeness (QED) is 0.609. The molecule has 1 aromatic rings. The van der Waals surface area contributed by atoms with Gasteiger partial charge in [0.05, 0.1) is 12.7 Å². The lowest BCUT2D eigenvalue weighted by Gasteiger charge is -2.28. The number of aliphatic hydroxyl groups is 1. The van der Waals surface area contributed by atoms with Gasteiger partial charge >= 0.3 is 11.9 Å². The van der Waals surface area contributed by atoms with Gasteiger partial charge in [-0.3, -0.25) is 9.59 Å². The first-order chi connectivity index (χ1) is 9.34. The SMILES string of the molecule is CCOC(=O)C(CC(C)O)(C(=O)O)c1cccc(Br)c1. The second-order valence-electron chi connectivity index (χ2n) is 4.49. The van der Waals surface area contributed by atoms with E-state index in [1.54, 1.807) is 25.1 Å². The average Bonchev–Trinajstić information content (AvgIpc) is 2.35. The Balaban J connectivity index is 3.44. The zero-order valence-corrected chi connectivity index (χ0v) is 12.9. The number of esters is 1. The Morgan fingerprint density at radius 1 is 1.45 bits per heavy atom. The van der Waals surface area contributed by atoms with E-state index in [4.69, 9.17) is 4.74 Å². The van der Waals surface area contributed by atoms with Crippen LogP contribution in [0, 0.1) is 0 Å². The molecule has 2 unspecified atom stereocenters. The molecule has 0 bridgehead atoms. The second kappa shape index (κ2) is 6.85. The van der Waals surface area contributed by atoms with Crippen LogP contribution in [0.3, 0.4) is 0 Å². The van der Waals surface area contributed by atoms with E-state index < -0.39 is 23.5 Å². The molecule has 6 heteroatoms. The number of carbonyl (C=O) groups excluding carboxylic acids is 1. The maximum absolute atomic E-state index is 12.2. The molecule has 0 radical (unpaired) electrons. The normalized spacial score (nSPS) is 15.2. The van der Waals surface area contributed by atoms with E-state index in [1.807, 2.05) is 0 Å². The number of carboxylic acid groups (broad SMARTS) is 1. The summed E-state index contributed by atoms with van der Waals surface area (Å²) in [5.74, 6) is -2.21. The van der Waals surface area contributed by atoms with Crippen LogP contribution in [0.2, 0.25) is 0 Å². The third kappa shape index (κ3) is 3.37. The maximum Gasteiger partial charge on any atom is 0.328 e. The van der Waals surface area contributed by atoms with Gasteiger partial charge < -0.3 is 14.9 Å². The first-order valence-corrected chi connectivity index (χ1v) is 6.98. The summed E-state index contributed by atoms with van der Waals surface area (Å²) in [6.45, 7) is 3.12. The molecule has 0 heterocycles. The standard InChI is InChI=1S/C14H17BrO5/c1-3-20-13(19)14(12(17)18,8-9(2)16)10-5-4-6-11(15)7-10/h4-7,9,16H,3,8H2,1-2H3,(H,17,18). The van der Waals surface area contributed by atoms with Crippen molar-refractivity contribution in [1.82, 2.24) is 0 Å². The molecule has 0 saturated heterocycles. The number of carbonyl (C=O) groups is 2. The molecule has 1 rings (SSSR count). The first kappa shape index (κ1) is 16.7. The molecule has 20 heavy (non-hydrogen) atoms. The van der Waals surface area contributed by atoms with Gasteiger partial charge in [-0.05, 0) is 31.5 Å². The Labute approximate surface area is 125 Å². The van der Waals surface area contributed by atoms with Gasteiger partial charge in [0, 0.05) is 10.9 Å². The second-order valence-corrected chi connectivity index (χ2v) is 5.41. The minimum Gasteiger partial charge on any atom is -0.480 e. The zero-order valence-electron chi connectivity index (χ0n) is 11.3. The Bertz CT molecular complexity index is 500. The number of rotatable bonds is 6. The van der Waals surface area contributed by atoms with Crippen LogP contribution in [0.1, 0.15) is 25.8 Å². The van der Waals surface area contributed by atoms with E-state index in [2.05, 4.69) is 15.9 Å². The van der Waals surface area contributed by atoms with E-state index in [0.717, 1.165) is 0 Å². The van der Waals surface area contributed by atoms with Gasteiger partial charge in [0.15, 0.2) is 5.41 Å². The Morgan fingerprint density at radius 3 is 2.55 bits per heavy atom. The Morgan fingerprint density at radius 2 is 2.10 bits per heavy atom. The fourth-order valence-electron chi connectivity index (χ4n) is 2.07. The Kier molecular flexibility index (Phi) is 5.71. The predicted molar refractivity (Wildman–Crippen MR) is 76.4 cm³/mol. The van der Waals surface area contributed by atoms with Gasteiger partial charge in [0.25, 0.3) is 0 Å². The number of halogens is 1. The minimum atomic E-state index is -1.91. The number of ether oxygens (including phenoxy) is 1. The largest absolute Gasteiger partial charge is 0.480 e. The van der Waals surface area contributed by atoms with Gasteiger partial charge in [-0.2, -0.15) is 0 Å². The molecule has 0 aliphatic heterocycles. The van der Waals surface area contributed by atoms with Crippen molar-refractivity contribution < 1.29 is 24.5 Å². The van der Waals surface area contributed by atoms with Crippen molar-refractivity contribution in [2.45, 2.75) is 31.8 Å². The fraction of sp³-hybridized carbons (Fsp3) is 0.429. The molecule has 0 aliphatic carbocycles. The molecule has 0 spiro atoms. The van der Waals surface area contributed by atoms with Crippen LogP contribution >= 0.6 is 15.9 Å². The molecule has 2 atom stereocenters. The van der Waals surface area contributed by atoms with Crippen molar-refractivity contribution >= 4 is 27.9 Å². The summed E-state index contributed by atoms with van der Waals surface area (Å²) in [6.07, 6.45) is -1.22. The van der Waals surface area contributed by atoms with Crippen molar-refractivity contribution in [1.29, 1.82) is 0 Å². The third-order valence-corrected chi connectivity index (χ3v) is 3.40. The highest BCUT2D eigenvalue weighted by Crippen LogP contribution is 2.33. The summed E-state index contributed by atoms with van der Waals surface area (Å²) in [5.41, 5.74) is -1.63. The molecule has 110 valence electrons. The number of hydrogen-bond donors (Lipinski definition) is 2. The van der Waals surface area contributed by atoms with Crippen LogP contribution in [0.4, 0.5) is 0 Å². The van der Waals surface area contributed by atoms with Gasteiger partial charge in [-0.1, -0.05) is 28.1 Å². The lowest BCUT2D eigenvalue weighted by molar-refractivity contribution is -0.163. The molecule has 0 aliphatic rings. The van der Waals surface area contributed by atoms with E-state index in [0.29, 0.717) is 4.47 Å². The highest BCUT2D eigenvalue weighted by atomic mass is 79.9. The lowest BCUT2D eigenvalue weighted by Crippen LogP contribution is -2.47. The van der Waals surface area contributed by atoms with Crippen molar-refractivity contribution in [3.63, 3.8) is 0 Å². The molecular weight excluding hydrogens is 328 g/mol. The van der Waals surface area contributed by atoms with E-state index >= 15 is 0 Å². The highest BCUT2D eigenvalue weighted by molar-refractivity contribution is 9.10. The van der Waals surface area contributed by atoms with E-state index in [1.165, 1.54) is 13.0 Å². The van der Waals surface area contributed by atoms with Gasteiger partial charge in [0.1, 0.15) is 0 Å². The maximum atomic E-state index is 12.2. The van der Waals surface area contributed by atoms with Crippen LogP contribution in [0.15, 0.2) is 28.7 Å². The number of hydrogen-bond acceptors (Lipinski definition) is 4. The van der Waals surface area contributed by atoms with Crippen molar-refractivity contribution in [3.05, 3.63) is 34.3 Å². The summed E-state index contributed by atoms with van der Waals surface area (Å²) < 4.78 is 5.57. The molecule has 0 saturated carbocycles. The molecule has 0 amide bonds. The van der Waals surface area contributed by atoms with Crippen molar-refractivity contribution in [2.75, 3.05) is 6.61 Å². The molecular formula is C14H17BrO5. The van der Waals surface area contributed by atoms with Gasteiger partial charge in [-0.15, -0.1) is 0 Å². The summed E-state index contributed by atoms with van der Waals surface area (Å²) >= 11 is 3.25. The van der Waals surface area contributed by atoms with E-state index in [9.17, 15) is 19.8 Å². The highest BCUT2D eigenvalue weighted by Gasteiger charge is 2.50. The minimum absolute atomic E-state index is 0.0711. The van der Waals surface area contributed by atoms with Crippen LogP contribution in [0.25, 0.3) is 0 Å². The summed E-state index contributed by atoms with van der Waals surface area (Å²) in [7, 11) is 0. The van der Waals surface area contributed by atoms with Crippen molar-refractivity contribution in [3.8, 4) is 0 Å². The van der Waals surface area contributed by atoms with E-state index in [-0.39, 0.29) is 18.6 Å². The van der Waals surface area contributed by atoms with Crippen LogP contribution < -0.4 is 0 Å². The summed E-state index contributed by atoms with van der Waals surface area (Å²) in [4.78, 5) is 24.0. The smallest absolute Gasteiger partial charge is 0.328 e. The van der Waals surface area contributed by atoms with Crippen molar-refractivity contribution in [2.24, 2.45) is 0 Å². The predicted octanol–water partition coefficient (Wildman–Crippen LogP) is 2.11. The summed E-state index contributed by atoms with van der Waals surface area (Å²) in [5, 5.41) is 19.2. The summed E-state index contributed by atoms with van der Waals surface area (Å²) in [6, 6.07) is 6.45. The topological polar surface area (TPSA) is 83.8 Å². The van der Waals surface area contributed by atoms with Crippen LogP contribution in [-0.2, 0) is 19.7 Å². The zero-order chi connectivity index (χ0) is 15.3. The van der Waals surface area contributed by atoms with Gasteiger partial charge in [-0.25, -0.2) is 0 Å². The number of carboxylic acids is 1. The number of aliphatic hydroxyl groups excluding tert-OH is 1. The third-order valence-electron chi connectivity index (χ3n) is 2.91. The number of aliphatic carboxylic acids is 1. The monoisotopic (exact) mass is 344 g/mol. The molecule has 5 nitrogen and oxygen atoms in total. The van der Waals surface area contributed by atoms with Crippen LogP contribution in [0.5, 0.6) is 0 Å². The van der Waals surface area contributed by atoms with Crippen LogP contribution in [-0.4, -0.2) is 34.9 Å².